The van der Waals surface area contributed by atoms with Crippen LogP contribution >= 0.6 is 23.2 Å². The van der Waals surface area contributed by atoms with Crippen LogP contribution in [-0.4, -0.2) is 25.6 Å². The van der Waals surface area contributed by atoms with Gasteiger partial charge in [-0.05, 0) is 35.9 Å². The molecule has 0 atom stereocenters. The Labute approximate surface area is 178 Å². The smallest absolute Gasteiger partial charge is 0.255 e. The Morgan fingerprint density at radius 3 is 2.45 bits per heavy atom. The Kier molecular flexibility index (Phi) is 6.42. The molecule has 0 spiro atoms. The summed E-state index contributed by atoms with van der Waals surface area (Å²) in [5, 5.41) is 3.38. The van der Waals surface area contributed by atoms with Gasteiger partial charge in [-0.1, -0.05) is 47.5 Å². The van der Waals surface area contributed by atoms with E-state index in [4.69, 9.17) is 27.9 Å². The van der Waals surface area contributed by atoms with Gasteiger partial charge in [-0.2, -0.15) is 0 Å². The summed E-state index contributed by atoms with van der Waals surface area (Å²) in [4.78, 5) is 16.6. The minimum atomic E-state index is -3.14. The summed E-state index contributed by atoms with van der Waals surface area (Å²) < 4.78 is 28.5. The number of anilines is 1. The summed E-state index contributed by atoms with van der Waals surface area (Å²) in [5.74, 6) is 0.0525. The van der Waals surface area contributed by atoms with Gasteiger partial charge in [0.1, 0.15) is 5.02 Å². The highest BCUT2D eigenvalue weighted by Crippen LogP contribution is 2.33. The molecule has 0 aliphatic carbocycles. The summed E-state index contributed by atoms with van der Waals surface area (Å²) in [7, 11) is -3.14. The molecule has 0 fully saturated rings. The number of hydrogen-bond acceptors (Lipinski definition) is 5. The second kappa shape index (κ2) is 8.82. The van der Waals surface area contributed by atoms with E-state index in [1.54, 1.807) is 48.5 Å². The number of nitrogens with zero attached hydrogens (tertiary/aromatic N) is 1. The van der Waals surface area contributed by atoms with E-state index in [0.29, 0.717) is 27.6 Å². The standard InChI is InChI=1S/C20H16Cl2N2O4S/c1-29(26,27)12-13-6-8-14(9-7-13)19(25)24-17-4-2-3-5-18(17)28-20-16(22)10-15(21)11-23-20/h2-11H,12H2,1H3,(H,24,25). The first kappa shape index (κ1) is 21.1. The van der Waals surface area contributed by atoms with Gasteiger partial charge in [0.15, 0.2) is 15.6 Å². The van der Waals surface area contributed by atoms with Gasteiger partial charge in [0, 0.05) is 18.0 Å². The highest BCUT2D eigenvalue weighted by atomic mass is 35.5. The molecule has 6 nitrogen and oxygen atoms in total. The summed E-state index contributed by atoms with van der Waals surface area (Å²) in [5.41, 5.74) is 1.40. The van der Waals surface area contributed by atoms with Crippen molar-refractivity contribution in [1.82, 2.24) is 4.98 Å². The number of halogens is 2. The highest BCUT2D eigenvalue weighted by molar-refractivity contribution is 7.89. The average molecular weight is 451 g/mol. The minimum absolute atomic E-state index is 0.0829. The van der Waals surface area contributed by atoms with Crippen molar-refractivity contribution < 1.29 is 17.9 Å². The molecule has 3 rings (SSSR count). The number of pyridine rings is 1. The molecule has 0 saturated carbocycles. The van der Waals surface area contributed by atoms with E-state index in [-0.39, 0.29) is 22.6 Å². The normalized spacial score (nSPS) is 11.1. The first-order valence-corrected chi connectivity index (χ1v) is 11.2. The molecule has 0 unspecified atom stereocenters. The van der Waals surface area contributed by atoms with Gasteiger partial charge in [-0.3, -0.25) is 4.79 Å². The van der Waals surface area contributed by atoms with E-state index in [0.717, 1.165) is 6.26 Å². The maximum atomic E-state index is 12.6. The van der Waals surface area contributed by atoms with Crippen LogP contribution in [0.2, 0.25) is 10.0 Å². The van der Waals surface area contributed by atoms with Crippen LogP contribution in [0, 0.1) is 0 Å². The lowest BCUT2D eigenvalue weighted by molar-refractivity contribution is 0.102. The summed E-state index contributed by atoms with van der Waals surface area (Å²) in [6, 6.07) is 14.7. The molecule has 0 aliphatic rings. The highest BCUT2D eigenvalue weighted by Gasteiger charge is 2.13. The number of carbonyl (C=O) groups excluding carboxylic acids is 1. The number of carbonyl (C=O) groups is 1. The summed E-state index contributed by atoms with van der Waals surface area (Å²) >= 11 is 11.9. The summed E-state index contributed by atoms with van der Waals surface area (Å²) in [6.45, 7) is 0. The number of amides is 1. The molecular weight excluding hydrogens is 435 g/mol. The molecule has 150 valence electrons. The van der Waals surface area contributed by atoms with E-state index >= 15 is 0 Å². The van der Waals surface area contributed by atoms with Gasteiger partial charge in [-0.15, -0.1) is 0 Å². The number of para-hydroxylation sites is 2. The van der Waals surface area contributed by atoms with Crippen LogP contribution < -0.4 is 10.1 Å². The molecule has 2 aromatic carbocycles. The van der Waals surface area contributed by atoms with Crippen molar-refractivity contribution in [3.63, 3.8) is 0 Å². The molecule has 0 saturated heterocycles. The SMILES string of the molecule is CS(=O)(=O)Cc1ccc(C(=O)Nc2ccccc2Oc2ncc(Cl)cc2Cl)cc1. The lowest BCUT2D eigenvalue weighted by Crippen LogP contribution is -2.12. The Hall–Kier alpha value is -2.61. The quantitative estimate of drug-likeness (QED) is 0.572. The van der Waals surface area contributed by atoms with Crippen molar-refractivity contribution in [2.24, 2.45) is 0 Å². The Morgan fingerprint density at radius 1 is 1.10 bits per heavy atom. The van der Waals surface area contributed by atoms with Gasteiger partial charge in [0.05, 0.1) is 16.5 Å². The van der Waals surface area contributed by atoms with Crippen LogP contribution in [0.3, 0.4) is 0 Å². The van der Waals surface area contributed by atoms with Crippen LogP contribution in [0.15, 0.2) is 60.8 Å². The van der Waals surface area contributed by atoms with Crippen LogP contribution in [-0.2, 0) is 15.6 Å². The van der Waals surface area contributed by atoms with Gasteiger partial charge in [0.25, 0.3) is 5.91 Å². The number of nitrogens with one attached hydrogen (secondary N) is 1. The van der Waals surface area contributed by atoms with Crippen LogP contribution in [0.5, 0.6) is 11.6 Å². The zero-order chi connectivity index (χ0) is 21.0. The first-order chi connectivity index (χ1) is 13.7. The molecule has 0 bridgehead atoms. The topological polar surface area (TPSA) is 85.4 Å². The second-order valence-corrected chi connectivity index (χ2v) is 9.24. The molecule has 1 aromatic heterocycles. The monoisotopic (exact) mass is 450 g/mol. The second-order valence-electron chi connectivity index (χ2n) is 6.26. The predicted molar refractivity (Wildman–Crippen MR) is 114 cm³/mol. The number of aromatic nitrogens is 1. The van der Waals surface area contributed by atoms with Gasteiger partial charge >= 0.3 is 0 Å². The number of hydrogen-bond donors (Lipinski definition) is 1. The fraction of sp³-hybridized carbons (Fsp3) is 0.100. The molecule has 1 N–H and O–H groups in total. The van der Waals surface area contributed by atoms with Gasteiger partial charge < -0.3 is 10.1 Å². The maximum Gasteiger partial charge on any atom is 0.255 e. The summed E-state index contributed by atoms with van der Waals surface area (Å²) in [6.07, 6.45) is 2.56. The van der Waals surface area contributed by atoms with E-state index in [2.05, 4.69) is 10.3 Å². The van der Waals surface area contributed by atoms with Crippen LogP contribution in [0.1, 0.15) is 15.9 Å². The zero-order valence-corrected chi connectivity index (χ0v) is 17.6. The van der Waals surface area contributed by atoms with Crippen molar-refractivity contribution in [1.29, 1.82) is 0 Å². The number of benzene rings is 2. The van der Waals surface area contributed by atoms with Gasteiger partial charge in [-0.25, -0.2) is 13.4 Å². The van der Waals surface area contributed by atoms with E-state index < -0.39 is 9.84 Å². The number of rotatable bonds is 6. The van der Waals surface area contributed by atoms with Crippen molar-refractivity contribution in [3.8, 4) is 11.6 Å². The largest absolute Gasteiger partial charge is 0.435 e. The average Bonchev–Trinajstić information content (AvgIpc) is 2.64. The third kappa shape index (κ3) is 5.93. The molecule has 1 amide bonds. The molecule has 3 aromatic rings. The van der Waals surface area contributed by atoms with Crippen molar-refractivity contribution in [2.75, 3.05) is 11.6 Å². The van der Waals surface area contributed by atoms with E-state index in [1.165, 1.54) is 12.3 Å². The molecule has 1 heterocycles. The van der Waals surface area contributed by atoms with Crippen molar-refractivity contribution >= 4 is 44.6 Å². The van der Waals surface area contributed by atoms with E-state index in [9.17, 15) is 13.2 Å². The Bertz CT molecular complexity index is 1150. The third-order valence-corrected chi connectivity index (χ3v) is 5.10. The number of sulfone groups is 1. The molecule has 9 heteroatoms. The van der Waals surface area contributed by atoms with E-state index in [1.807, 2.05) is 0 Å². The zero-order valence-electron chi connectivity index (χ0n) is 15.2. The van der Waals surface area contributed by atoms with Crippen molar-refractivity contribution in [3.05, 3.63) is 82.0 Å². The molecule has 29 heavy (non-hydrogen) atoms. The molecule has 0 aliphatic heterocycles. The predicted octanol–water partition coefficient (Wildman–Crippen LogP) is 4.98. The minimum Gasteiger partial charge on any atom is -0.435 e. The Morgan fingerprint density at radius 2 is 1.79 bits per heavy atom. The lowest BCUT2D eigenvalue weighted by Gasteiger charge is -2.12. The third-order valence-electron chi connectivity index (χ3n) is 3.76. The fourth-order valence-electron chi connectivity index (χ4n) is 2.49. The lowest BCUT2D eigenvalue weighted by atomic mass is 10.1. The Balaban J connectivity index is 1.77. The van der Waals surface area contributed by atoms with Gasteiger partial charge in [0.2, 0.25) is 5.88 Å². The van der Waals surface area contributed by atoms with Crippen LogP contribution in [0.25, 0.3) is 0 Å². The maximum absolute atomic E-state index is 12.6. The first-order valence-electron chi connectivity index (χ1n) is 8.37. The molecule has 0 radical (unpaired) electrons. The van der Waals surface area contributed by atoms with Crippen LogP contribution in [0.4, 0.5) is 5.69 Å². The fourth-order valence-corrected chi connectivity index (χ4v) is 3.71. The van der Waals surface area contributed by atoms with Crippen molar-refractivity contribution in [2.45, 2.75) is 5.75 Å². The number of ether oxygens (including phenoxy) is 1. The molecular formula is C20H16Cl2N2O4S.